The first kappa shape index (κ1) is 21.0. The van der Waals surface area contributed by atoms with E-state index in [4.69, 9.17) is 21.1 Å². The van der Waals surface area contributed by atoms with Gasteiger partial charge in [-0.05, 0) is 42.0 Å². The molecule has 0 radical (unpaired) electrons. The van der Waals surface area contributed by atoms with E-state index < -0.39 is 15.8 Å². The predicted molar refractivity (Wildman–Crippen MR) is 107 cm³/mol. The van der Waals surface area contributed by atoms with E-state index in [9.17, 15) is 12.8 Å². The molecule has 0 aliphatic rings. The Labute approximate surface area is 173 Å². The fourth-order valence-electron chi connectivity index (χ4n) is 2.53. The maximum absolute atomic E-state index is 13.4. The standard InChI is InChI=1S/C20H18ClFN2O4S/c1-27-19-9-14(4-7-18(19)28-13-15-3-2-8-23-11-15)12-24-29(25,26)20-10-16(22)5-6-17(20)21/h2-11,24H,12-13H2,1H3. The Balaban J connectivity index is 1.70. The summed E-state index contributed by atoms with van der Waals surface area (Å²) in [7, 11) is -2.50. The maximum atomic E-state index is 13.4. The molecule has 0 atom stereocenters. The molecule has 0 saturated heterocycles. The summed E-state index contributed by atoms with van der Waals surface area (Å²) in [6, 6.07) is 11.9. The second-order valence-electron chi connectivity index (χ2n) is 6.03. The fraction of sp³-hybridized carbons (Fsp3) is 0.150. The largest absolute Gasteiger partial charge is 0.493 e. The third-order valence-corrected chi connectivity index (χ3v) is 5.88. The van der Waals surface area contributed by atoms with Crippen LogP contribution < -0.4 is 14.2 Å². The monoisotopic (exact) mass is 436 g/mol. The van der Waals surface area contributed by atoms with Crippen LogP contribution in [0.25, 0.3) is 0 Å². The summed E-state index contributed by atoms with van der Waals surface area (Å²) in [5.74, 6) is 0.275. The Morgan fingerprint density at radius 1 is 1.10 bits per heavy atom. The predicted octanol–water partition coefficient (Wildman–Crippen LogP) is 3.94. The average Bonchev–Trinajstić information content (AvgIpc) is 2.73. The van der Waals surface area contributed by atoms with Crippen molar-refractivity contribution in [2.75, 3.05) is 7.11 Å². The number of hydrogen-bond acceptors (Lipinski definition) is 5. The Morgan fingerprint density at radius 2 is 1.93 bits per heavy atom. The highest BCUT2D eigenvalue weighted by Gasteiger charge is 2.19. The highest BCUT2D eigenvalue weighted by Crippen LogP contribution is 2.29. The number of aromatic nitrogens is 1. The van der Waals surface area contributed by atoms with E-state index in [1.165, 1.54) is 13.2 Å². The van der Waals surface area contributed by atoms with Gasteiger partial charge >= 0.3 is 0 Å². The second-order valence-corrected chi connectivity index (χ2v) is 8.18. The van der Waals surface area contributed by atoms with Crippen LogP contribution in [0.5, 0.6) is 11.5 Å². The van der Waals surface area contributed by atoms with Crippen molar-refractivity contribution < 1.29 is 22.3 Å². The zero-order chi connectivity index (χ0) is 20.9. The molecule has 152 valence electrons. The third-order valence-electron chi connectivity index (χ3n) is 3.99. The number of methoxy groups -OCH3 is 1. The maximum Gasteiger partial charge on any atom is 0.242 e. The molecule has 0 aliphatic carbocycles. The molecular weight excluding hydrogens is 419 g/mol. The van der Waals surface area contributed by atoms with Gasteiger partial charge in [-0.1, -0.05) is 23.7 Å². The van der Waals surface area contributed by atoms with Crippen molar-refractivity contribution in [1.29, 1.82) is 0 Å². The van der Waals surface area contributed by atoms with Gasteiger partial charge in [0.1, 0.15) is 17.3 Å². The molecular formula is C20H18ClFN2O4S. The first-order valence-electron chi connectivity index (χ1n) is 8.52. The summed E-state index contributed by atoms with van der Waals surface area (Å²) in [6.07, 6.45) is 3.38. The van der Waals surface area contributed by atoms with Crippen molar-refractivity contribution in [3.63, 3.8) is 0 Å². The Morgan fingerprint density at radius 3 is 2.66 bits per heavy atom. The molecule has 1 aromatic heterocycles. The number of pyridine rings is 1. The van der Waals surface area contributed by atoms with Gasteiger partial charge < -0.3 is 9.47 Å². The van der Waals surface area contributed by atoms with E-state index in [0.29, 0.717) is 23.7 Å². The number of rotatable bonds is 8. The zero-order valence-corrected chi connectivity index (χ0v) is 17.0. The molecule has 0 saturated carbocycles. The first-order chi connectivity index (χ1) is 13.9. The quantitative estimate of drug-likeness (QED) is 0.578. The van der Waals surface area contributed by atoms with Crippen LogP contribution in [-0.2, 0) is 23.2 Å². The number of sulfonamides is 1. The van der Waals surface area contributed by atoms with Gasteiger partial charge in [0, 0.05) is 24.5 Å². The van der Waals surface area contributed by atoms with Crippen molar-refractivity contribution in [3.8, 4) is 11.5 Å². The van der Waals surface area contributed by atoms with E-state index in [0.717, 1.165) is 17.7 Å². The molecule has 0 unspecified atom stereocenters. The summed E-state index contributed by atoms with van der Waals surface area (Å²) < 4.78 is 51.8. The van der Waals surface area contributed by atoms with Gasteiger partial charge in [0.15, 0.2) is 11.5 Å². The number of halogens is 2. The molecule has 3 rings (SSSR count). The van der Waals surface area contributed by atoms with Gasteiger partial charge in [-0.15, -0.1) is 0 Å². The van der Waals surface area contributed by atoms with Crippen LogP contribution in [0.15, 0.2) is 65.8 Å². The van der Waals surface area contributed by atoms with Crippen LogP contribution >= 0.6 is 11.6 Å². The number of nitrogens with zero attached hydrogens (tertiary/aromatic N) is 1. The smallest absolute Gasteiger partial charge is 0.242 e. The summed E-state index contributed by atoms with van der Waals surface area (Å²) in [5, 5.41) is -0.0596. The molecule has 1 N–H and O–H groups in total. The van der Waals surface area contributed by atoms with Gasteiger partial charge in [0.2, 0.25) is 10.0 Å². The summed E-state index contributed by atoms with van der Waals surface area (Å²) >= 11 is 5.89. The lowest BCUT2D eigenvalue weighted by atomic mass is 10.2. The molecule has 0 amide bonds. The van der Waals surface area contributed by atoms with Gasteiger partial charge in [0.05, 0.1) is 12.1 Å². The van der Waals surface area contributed by atoms with Crippen LogP contribution in [-0.4, -0.2) is 20.5 Å². The Hall–Kier alpha value is -2.68. The third kappa shape index (κ3) is 5.44. The molecule has 3 aromatic rings. The van der Waals surface area contributed by atoms with Gasteiger partial charge in [-0.3, -0.25) is 4.98 Å². The van der Waals surface area contributed by atoms with Gasteiger partial charge in [-0.25, -0.2) is 17.5 Å². The Kier molecular flexibility index (Phi) is 6.68. The van der Waals surface area contributed by atoms with Crippen molar-refractivity contribution in [2.45, 2.75) is 18.0 Å². The van der Waals surface area contributed by atoms with Crippen LogP contribution in [0.4, 0.5) is 4.39 Å². The van der Waals surface area contributed by atoms with Crippen molar-refractivity contribution in [3.05, 3.63) is 82.9 Å². The minimum atomic E-state index is -3.99. The zero-order valence-electron chi connectivity index (χ0n) is 15.4. The Bertz CT molecular complexity index is 1090. The summed E-state index contributed by atoms with van der Waals surface area (Å²) in [6.45, 7) is 0.280. The van der Waals surface area contributed by atoms with Gasteiger partial charge in [0.25, 0.3) is 0 Å². The lowest BCUT2D eigenvalue weighted by Gasteiger charge is -2.13. The highest BCUT2D eigenvalue weighted by atomic mass is 35.5. The number of benzene rings is 2. The van der Waals surface area contributed by atoms with Crippen molar-refractivity contribution in [1.82, 2.24) is 9.71 Å². The normalized spacial score (nSPS) is 11.3. The molecule has 2 aromatic carbocycles. The fourth-order valence-corrected chi connectivity index (χ4v) is 4.05. The molecule has 6 nitrogen and oxygen atoms in total. The van der Waals surface area contributed by atoms with E-state index in [1.807, 2.05) is 12.1 Å². The van der Waals surface area contributed by atoms with Crippen LogP contribution in [0.3, 0.4) is 0 Å². The summed E-state index contributed by atoms with van der Waals surface area (Å²) in [4.78, 5) is 3.71. The molecule has 9 heteroatoms. The van der Waals surface area contributed by atoms with Gasteiger partial charge in [-0.2, -0.15) is 0 Å². The van der Waals surface area contributed by atoms with E-state index in [-0.39, 0.29) is 16.5 Å². The molecule has 0 bridgehead atoms. The van der Waals surface area contributed by atoms with Crippen molar-refractivity contribution >= 4 is 21.6 Å². The SMILES string of the molecule is COc1cc(CNS(=O)(=O)c2cc(F)ccc2Cl)ccc1OCc1cccnc1. The van der Waals surface area contributed by atoms with E-state index in [1.54, 1.807) is 30.6 Å². The molecule has 0 aliphatic heterocycles. The molecule has 0 spiro atoms. The van der Waals surface area contributed by atoms with E-state index in [2.05, 4.69) is 9.71 Å². The molecule has 0 fully saturated rings. The van der Waals surface area contributed by atoms with Crippen LogP contribution in [0.2, 0.25) is 5.02 Å². The summed E-state index contributed by atoms with van der Waals surface area (Å²) in [5.41, 5.74) is 1.53. The number of ether oxygens (including phenoxy) is 2. The first-order valence-corrected chi connectivity index (χ1v) is 10.4. The minimum Gasteiger partial charge on any atom is -0.493 e. The minimum absolute atomic E-state index is 0.0333. The van der Waals surface area contributed by atoms with E-state index >= 15 is 0 Å². The van der Waals surface area contributed by atoms with Crippen LogP contribution in [0.1, 0.15) is 11.1 Å². The molecule has 1 heterocycles. The van der Waals surface area contributed by atoms with Crippen LogP contribution in [0, 0.1) is 5.82 Å². The molecule has 29 heavy (non-hydrogen) atoms. The number of nitrogens with one attached hydrogen (secondary N) is 1. The van der Waals surface area contributed by atoms with Crippen molar-refractivity contribution in [2.24, 2.45) is 0 Å². The number of hydrogen-bond donors (Lipinski definition) is 1. The average molecular weight is 437 g/mol. The topological polar surface area (TPSA) is 77.5 Å². The highest BCUT2D eigenvalue weighted by molar-refractivity contribution is 7.89. The second kappa shape index (κ2) is 9.21. The lowest BCUT2D eigenvalue weighted by Crippen LogP contribution is -2.23. The lowest BCUT2D eigenvalue weighted by molar-refractivity contribution is 0.284.